The molecule has 2 amide bonds. The van der Waals surface area contributed by atoms with Crippen LogP contribution in [0, 0.1) is 0 Å². The number of carbonyl (C=O) groups is 3. The van der Waals surface area contributed by atoms with Gasteiger partial charge in [0.05, 0.1) is 25.4 Å². The first kappa shape index (κ1) is 34.6. The summed E-state index contributed by atoms with van der Waals surface area (Å²) in [5, 5.41) is 5.06. The number of nitrogens with one attached hydrogen (secondary N) is 2. The zero-order chi connectivity index (χ0) is 24.5. The minimum Gasteiger partial charge on any atom is -0.383 e. The van der Waals surface area contributed by atoms with Crippen molar-refractivity contribution in [2.75, 3.05) is 47.2 Å². The second-order valence-corrected chi connectivity index (χ2v) is 9.90. The molecule has 0 bridgehead atoms. The van der Waals surface area contributed by atoms with E-state index in [9.17, 15) is 14.4 Å². The van der Waals surface area contributed by atoms with E-state index in [1.807, 2.05) is 19.2 Å². The molecule has 0 spiro atoms. The van der Waals surface area contributed by atoms with Gasteiger partial charge in [0.2, 0.25) is 6.41 Å². The molecule has 0 fully saturated rings. The lowest BCUT2D eigenvalue weighted by atomic mass is 10.3. The lowest BCUT2D eigenvalue weighted by molar-refractivity contribution is -0.121. The Morgan fingerprint density at radius 2 is 1.77 bits per heavy atom. The SMILES string of the molecule is CCCSP(NCC=O)OCC(CC)OC.CN(C)/C=C\C(=O)NC=O.COC(C)C. The Labute approximate surface area is 193 Å². The minimum absolute atomic E-state index is 0.144. The third-order valence-corrected chi connectivity index (χ3v) is 6.68. The van der Waals surface area contributed by atoms with Gasteiger partial charge >= 0.3 is 0 Å². The first-order chi connectivity index (χ1) is 14.7. The van der Waals surface area contributed by atoms with Gasteiger partial charge in [-0.3, -0.25) is 20.0 Å². The van der Waals surface area contributed by atoms with E-state index in [4.69, 9.17) is 14.0 Å². The summed E-state index contributed by atoms with van der Waals surface area (Å²) in [7, 11) is 6.20. The molecule has 0 aliphatic carbocycles. The highest BCUT2D eigenvalue weighted by molar-refractivity contribution is 8.53. The van der Waals surface area contributed by atoms with E-state index in [0.29, 0.717) is 25.7 Å². The van der Waals surface area contributed by atoms with Gasteiger partial charge < -0.3 is 23.7 Å². The Morgan fingerprint density at radius 3 is 2.16 bits per heavy atom. The number of methoxy groups -OCH3 is 2. The zero-order valence-corrected chi connectivity index (χ0v) is 22.0. The Kier molecular flexibility index (Phi) is 30.1. The summed E-state index contributed by atoms with van der Waals surface area (Å²) in [5.41, 5.74) is 0. The van der Waals surface area contributed by atoms with Crippen molar-refractivity contribution in [2.24, 2.45) is 0 Å². The fraction of sp³-hybridized carbons (Fsp3) is 0.750. The molecule has 9 nitrogen and oxygen atoms in total. The van der Waals surface area contributed by atoms with Gasteiger partial charge in [-0.2, -0.15) is 0 Å². The quantitative estimate of drug-likeness (QED) is 0.207. The van der Waals surface area contributed by atoms with Gasteiger partial charge in [0.1, 0.15) is 6.29 Å². The summed E-state index contributed by atoms with van der Waals surface area (Å²) in [5.74, 6) is 0.630. The van der Waals surface area contributed by atoms with E-state index in [0.717, 1.165) is 24.9 Å². The molecular formula is C20H42N3O6PS. The summed E-state index contributed by atoms with van der Waals surface area (Å²) < 4.78 is 15.7. The van der Waals surface area contributed by atoms with E-state index < -0.39 is 13.4 Å². The normalized spacial score (nSPS) is 12.2. The van der Waals surface area contributed by atoms with Gasteiger partial charge in [-0.05, 0) is 26.7 Å². The number of amides is 2. The summed E-state index contributed by atoms with van der Waals surface area (Å²) in [4.78, 5) is 32.2. The van der Waals surface area contributed by atoms with Crippen molar-refractivity contribution in [1.29, 1.82) is 0 Å². The molecule has 0 aliphatic rings. The fourth-order valence-corrected chi connectivity index (χ4v) is 4.32. The Bertz CT molecular complexity index is 453. The molecule has 0 heterocycles. The van der Waals surface area contributed by atoms with E-state index in [-0.39, 0.29) is 6.10 Å². The van der Waals surface area contributed by atoms with E-state index in [1.54, 1.807) is 50.8 Å². The summed E-state index contributed by atoms with van der Waals surface area (Å²) in [6.45, 7) is 9.13. The second-order valence-electron chi connectivity index (χ2n) is 6.37. The molecule has 0 aromatic heterocycles. The molecule has 0 saturated heterocycles. The summed E-state index contributed by atoms with van der Waals surface area (Å²) in [6.07, 6.45) is 6.61. The van der Waals surface area contributed by atoms with Crippen LogP contribution in [0.5, 0.6) is 0 Å². The van der Waals surface area contributed by atoms with Crippen LogP contribution in [0.15, 0.2) is 12.3 Å². The van der Waals surface area contributed by atoms with Gasteiger partial charge in [-0.15, -0.1) is 0 Å². The lowest BCUT2D eigenvalue weighted by Crippen LogP contribution is -2.19. The number of aldehydes is 1. The van der Waals surface area contributed by atoms with Crippen LogP contribution in [0.3, 0.4) is 0 Å². The van der Waals surface area contributed by atoms with Gasteiger partial charge in [-0.1, -0.05) is 25.2 Å². The van der Waals surface area contributed by atoms with Crippen molar-refractivity contribution in [3.05, 3.63) is 12.3 Å². The second kappa shape index (κ2) is 27.0. The molecule has 11 heteroatoms. The molecule has 31 heavy (non-hydrogen) atoms. The van der Waals surface area contributed by atoms with E-state index >= 15 is 0 Å². The highest BCUT2D eigenvalue weighted by Crippen LogP contribution is 2.47. The Morgan fingerprint density at radius 1 is 1.16 bits per heavy atom. The number of hydrogen-bond donors (Lipinski definition) is 2. The minimum atomic E-state index is -0.761. The Hall–Kier alpha value is -1.03. The first-order valence-electron chi connectivity index (χ1n) is 10.1. The number of imide groups is 1. The number of rotatable bonds is 15. The monoisotopic (exact) mass is 483 g/mol. The molecule has 2 N–H and O–H groups in total. The maximum absolute atomic E-state index is 10.5. The molecule has 184 valence electrons. The van der Waals surface area contributed by atoms with Crippen molar-refractivity contribution in [3.8, 4) is 0 Å². The number of hydrogen-bond acceptors (Lipinski definition) is 9. The lowest BCUT2D eigenvalue weighted by Gasteiger charge is -2.19. The van der Waals surface area contributed by atoms with Crippen LogP contribution in [0.4, 0.5) is 0 Å². The van der Waals surface area contributed by atoms with Crippen LogP contribution in [0.25, 0.3) is 0 Å². The fourth-order valence-electron chi connectivity index (χ4n) is 1.24. The van der Waals surface area contributed by atoms with Gasteiger partial charge in [0.25, 0.3) is 5.91 Å². The first-order valence-corrected chi connectivity index (χ1v) is 12.9. The molecular weight excluding hydrogens is 441 g/mol. The highest BCUT2D eigenvalue weighted by atomic mass is 32.7. The topological polar surface area (TPSA) is 106 Å². The molecule has 0 aromatic rings. The molecule has 0 aliphatic heterocycles. The van der Waals surface area contributed by atoms with Gasteiger partial charge in [-0.25, -0.2) is 0 Å². The van der Waals surface area contributed by atoms with Crippen molar-refractivity contribution >= 4 is 37.5 Å². The number of ether oxygens (including phenoxy) is 2. The summed E-state index contributed by atoms with van der Waals surface area (Å²) in [6, 6.07) is 0. The maximum Gasteiger partial charge on any atom is 0.251 e. The molecule has 2 unspecified atom stereocenters. The third kappa shape index (κ3) is 31.2. The highest BCUT2D eigenvalue weighted by Gasteiger charge is 2.12. The smallest absolute Gasteiger partial charge is 0.251 e. The number of carbonyl (C=O) groups excluding carboxylic acids is 3. The van der Waals surface area contributed by atoms with Crippen LogP contribution in [-0.4, -0.2) is 82.9 Å². The van der Waals surface area contributed by atoms with Gasteiger partial charge in [0.15, 0.2) is 7.50 Å². The van der Waals surface area contributed by atoms with Crippen molar-refractivity contribution in [2.45, 2.75) is 52.7 Å². The predicted molar refractivity (Wildman–Crippen MR) is 130 cm³/mol. The van der Waals surface area contributed by atoms with Crippen LogP contribution in [-0.2, 0) is 28.4 Å². The maximum atomic E-state index is 10.5. The average Bonchev–Trinajstić information content (AvgIpc) is 2.75. The van der Waals surface area contributed by atoms with E-state index in [1.165, 1.54) is 6.08 Å². The van der Waals surface area contributed by atoms with Crippen LogP contribution >= 0.6 is 18.9 Å². The van der Waals surface area contributed by atoms with Crippen molar-refractivity contribution in [3.63, 3.8) is 0 Å². The zero-order valence-electron chi connectivity index (χ0n) is 20.3. The average molecular weight is 484 g/mol. The Balaban J connectivity index is -0.000000443. The van der Waals surface area contributed by atoms with Crippen LogP contribution in [0.2, 0.25) is 0 Å². The molecule has 0 aromatic carbocycles. The third-order valence-electron chi connectivity index (χ3n) is 3.08. The van der Waals surface area contributed by atoms with Gasteiger partial charge in [0, 0.05) is 46.3 Å². The predicted octanol–water partition coefficient (Wildman–Crippen LogP) is 2.96. The van der Waals surface area contributed by atoms with Crippen LogP contribution in [0.1, 0.15) is 40.5 Å². The molecule has 2 atom stereocenters. The standard InChI is InChI=1S/C10H22NO3PS.C6H10N2O2.C4H10O/c1-4-8-16-15(11-6-7-12)14-9-10(5-2)13-3;1-8(2)4-3-6(10)7-5-9;1-4(2)5-3/h7,10-11H,4-6,8-9H2,1-3H3;3-5H,1-2H3,(H,7,9,10);4H,1-3H3/b;4-3-;. The van der Waals surface area contributed by atoms with Crippen molar-refractivity contribution in [1.82, 2.24) is 15.3 Å². The largest absolute Gasteiger partial charge is 0.383 e. The van der Waals surface area contributed by atoms with E-state index in [2.05, 4.69) is 18.9 Å². The number of nitrogens with zero attached hydrogens (tertiary/aromatic N) is 1. The molecule has 0 radical (unpaired) electrons. The van der Waals surface area contributed by atoms with Crippen LogP contribution < -0.4 is 10.4 Å². The summed E-state index contributed by atoms with van der Waals surface area (Å²) >= 11 is 1.74. The van der Waals surface area contributed by atoms with Crippen molar-refractivity contribution < 1.29 is 28.4 Å². The molecule has 0 rings (SSSR count). The molecule has 0 saturated carbocycles.